The molecular weight excluding hydrogens is 420 g/mol. The Morgan fingerprint density at radius 2 is 1.77 bits per heavy atom. The molecule has 31 heavy (non-hydrogen) atoms. The summed E-state index contributed by atoms with van der Waals surface area (Å²) in [6.07, 6.45) is 4.71. The van der Waals surface area contributed by atoms with Crippen molar-refractivity contribution in [3.8, 4) is 11.1 Å². The summed E-state index contributed by atoms with van der Waals surface area (Å²) in [6, 6.07) is 11.7. The highest BCUT2D eigenvalue weighted by molar-refractivity contribution is 7.85. The summed E-state index contributed by atoms with van der Waals surface area (Å²) in [5.41, 5.74) is 5.77. The zero-order valence-corrected chi connectivity index (χ0v) is 19.0. The molecule has 0 radical (unpaired) electrons. The summed E-state index contributed by atoms with van der Waals surface area (Å²) in [7, 11) is -2.43. The van der Waals surface area contributed by atoms with Gasteiger partial charge in [0.1, 0.15) is 5.75 Å². The van der Waals surface area contributed by atoms with E-state index in [2.05, 4.69) is 4.18 Å². The zero-order valence-electron chi connectivity index (χ0n) is 18.2. The molecule has 0 spiro atoms. The van der Waals surface area contributed by atoms with E-state index in [1.54, 1.807) is 11.0 Å². The second kappa shape index (κ2) is 9.59. The molecule has 0 atom stereocenters. The Labute approximate surface area is 183 Å². The van der Waals surface area contributed by atoms with Crippen LogP contribution in [0.4, 0.5) is 8.78 Å². The molecule has 4 nitrogen and oxygen atoms in total. The monoisotopic (exact) mass is 449 g/mol. The molecule has 1 aliphatic heterocycles. The summed E-state index contributed by atoms with van der Waals surface area (Å²) in [5, 5.41) is 0. The van der Waals surface area contributed by atoms with Crippen LogP contribution in [0.1, 0.15) is 35.1 Å². The average Bonchev–Trinajstić information content (AvgIpc) is 3.07. The van der Waals surface area contributed by atoms with Crippen LogP contribution in [-0.2, 0) is 20.1 Å². The van der Waals surface area contributed by atoms with Gasteiger partial charge in [0.2, 0.25) is 0 Å². The zero-order chi connectivity index (χ0) is 22.6. The Morgan fingerprint density at radius 3 is 2.42 bits per heavy atom. The van der Waals surface area contributed by atoms with Crippen molar-refractivity contribution < 1.29 is 21.4 Å². The first kappa shape index (κ1) is 23.6. The van der Waals surface area contributed by atoms with Gasteiger partial charge in [-0.2, -0.15) is 8.42 Å². The first-order valence-electron chi connectivity index (χ1n) is 10.4. The van der Waals surface area contributed by atoms with Crippen molar-refractivity contribution in [1.82, 2.24) is 4.90 Å². The SMILES string of the molecule is COS(=O)(=O)Cc1cccc(-c2cccc(/C=C/CCN3CCC(F)(F)C3)c2C)c1C. The van der Waals surface area contributed by atoms with Crippen LogP contribution in [0, 0.1) is 13.8 Å². The highest BCUT2D eigenvalue weighted by Crippen LogP contribution is 2.31. The van der Waals surface area contributed by atoms with Crippen LogP contribution in [0.5, 0.6) is 0 Å². The summed E-state index contributed by atoms with van der Waals surface area (Å²) >= 11 is 0. The highest BCUT2D eigenvalue weighted by Gasteiger charge is 2.37. The van der Waals surface area contributed by atoms with Crippen LogP contribution >= 0.6 is 0 Å². The van der Waals surface area contributed by atoms with Crippen molar-refractivity contribution in [1.29, 1.82) is 0 Å². The van der Waals surface area contributed by atoms with E-state index in [1.165, 1.54) is 7.11 Å². The maximum Gasteiger partial charge on any atom is 0.271 e. The Bertz CT molecular complexity index is 1060. The molecule has 1 heterocycles. The molecule has 2 aromatic carbocycles. The maximum atomic E-state index is 13.3. The largest absolute Gasteiger partial charge is 0.297 e. The van der Waals surface area contributed by atoms with Gasteiger partial charge in [0.05, 0.1) is 13.7 Å². The van der Waals surface area contributed by atoms with Crippen molar-refractivity contribution in [2.24, 2.45) is 0 Å². The lowest BCUT2D eigenvalue weighted by Crippen LogP contribution is -2.25. The minimum Gasteiger partial charge on any atom is -0.297 e. The fourth-order valence-corrected chi connectivity index (χ4v) is 4.78. The molecule has 0 N–H and O–H groups in total. The molecule has 0 aromatic heterocycles. The fraction of sp³-hybridized carbons (Fsp3) is 0.417. The van der Waals surface area contributed by atoms with Crippen LogP contribution in [-0.4, -0.2) is 46.0 Å². The van der Waals surface area contributed by atoms with Gasteiger partial charge in [-0.25, -0.2) is 8.78 Å². The van der Waals surface area contributed by atoms with Gasteiger partial charge < -0.3 is 0 Å². The van der Waals surface area contributed by atoms with E-state index in [1.807, 2.05) is 56.3 Å². The summed E-state index contributed by atoms with van der Waals surface area (Å²) in [6.45, 7) is 4.88. The average molecular weight is 450 g/mol. The molecule has 0 saturated carbocycles. The van der Waals surface area contributed by atoms with E-state index in [4.69, 9.17) is 0 Å². The second-order valence-electron chi connectivity index (χ2n) is 8.05. The van der Waals surface area contributed by atoms with E-state index in [0.29, 0.717) is 25.1 Å². The number of alkyl halides is 2. The van der Waals surface area contributed by atoms with Gasteiger partial charge in [-0.15, -0.1) is 0 Å². The fourth-order valence-electron chi connectivity index (χ4n) is 3.97. The summed E-state index contributed by atoms with van der Waals surface area (Å²) in [4.78, 5) is 1.80. The molecule has 168 valence electrons. The van der Waals surface area contributed by atoms with Crippen LogP contribution in [0.2, 0.25) is 0 Å². The maximum absolute atomic E-state index is 13.3. The number of hydrogen-bond donors (Lipinski definition) is 0. The molecule has 0 amide bonds. The lowest BCUT2D eigenvalue weighted by molar-refractivity contribution is 0.0124. The molecule has 7 heteroatoms. The minimum absolute atomic E-state index is 0.0536. The molecule has 3 rings (SSSR count). The van der Waals surface area contributed by atoms with Gasteiger partial charge in [-0.3, -0.25) is 9.08 Å². The lowest BCUT2D eigenvalue weighted by Gasteiger charge is -2.15. The minimum atomic E-state index is -3.60. The standard InChI is InChI=1S/C24H29F2NO3S/c1-18-20(8-4-5-14-27-15-13-24(25,26)17-27)9-6-11-22(18)23-12-7-10-21(19(23)2)16-31(28,29)30-3/h4,6-12H,5,13-17H2,1-3H3/b8-4+. The number of halogens is 2. The predicted octanol–water partition coefficient (Wildman–Crippen LogP) is 5.19. The topological polar surface area (TPSA) is 46.6 Å². The van der Waals surface area contributed by atoms with Crippen LogP contribution in [0.3, 0.4) is 0 Å². The Morgan fingerprint density at radius 1 is 1.10 bits per heavy atom. The molecule has 0 bridgehead atoms. The Kier molecular flexibility index (Phi) is 7.29. The first-order valence-corrected chi connectivity index (χ1v) is 11.9. The van der Waals surface area contributed by atoms with Gasteiger partial charge >= 0.3 is 0 Å². The van der Waals surface area contributed by atoms with Crippen molar-refractivity contribution >= 4 is 16.2 Å². The number of benzene rings is 2. The van der Waals surface area contributed by atoms with E-state index in [0.717, 1.165) is 27.8 Å². The number of hydrogen-bond acceptors (Lipinski definition) is 4. The van der Waals surface area contributed by atoms with Crippen LogP contribution in [0.25, 0.3) is 17.2 Å². The molecule has 1 saturated heterocycles. The van der Waals surface area contributed by atoms with Crippen LogP contribution in [0.15, 0.2) is 42.5 Å². The Balaban J connectivity index is 1.77. The lowest BCUT2D eigenvalue weighted by atomic mass is 9.91. The van der Waals surface area contributed by atoms with Crippen molar-refractivity contribution in [3.05, 3.63) is 64.7 Å². The summed E-state index contributed by atoms with van der Waals surface area (Å²) < 4.78 is 55.0. The van der Waals surface area contributed by atoms with Gasteiger partial charge in [0, 0.05) is 19.5 Å². The van der Waals surface area contributed by atoms with E-state index >= 15 is 0 Å². The summed E-state index contributed by atoms with van der Waals surface area (Å²) in [5.74, 6) is -2.72. The number of rotatable bonds is 8. The smallest absolute Gasteiger partial charge is 0.271 e. The quantitative estimate of drug-likeness (QED) is 0.521. The van der Waals surface area contributed by atoms with Gasteiger partial charge in [0.25, 0.3) is 16.0 Å². The molecule has 1 fully saturated rings. The van der Waals surface area contributed by atoms with Crippen molar-refractivity contribution in [2.45, 2.75) is 38.4 Å². The number of nitrogens with zero attached hydrogens (tertiary/aromatic N) is 1. The highest BCUT2D eigenvalue weighted by atomic mass is 32.2. The molecule has 0 aliphatic carbocycles. The third-order valence-corrected chi connectivity index (χ3v) is 7.03. The third kappa shape index (κ3) is 5.99. The second-order valence-corrected chi connectivity index (χ2v) is 9.79. The third-order valence-electron chi connectivity index (χ3n) is 5.86. The van der Waals surface area contributed by atoms with E-state index in [9.17, 15) is 17.2 Å². The predicted molar refractivity (Wildman–Crippen MR) is 121 cm³/mol. The number of likely N-dealkylation sites (tertiary alicyclic amines) is 1. The van der Waals surface area contributed by atoms with E-state index < -0.39 is 16.0 Å². The Hall–Kier alpha value is -2.09. The molecule has 2 aromatic rings. The van der Waals surface area contributed by atoms with E-state index in [-0.39, 0.29) is 18.7 Å². The van der Waals surface area contributed by atoms with Gasteiger partial charge in [-0.1, -0.05) is 48.6 Å². The molecule has 1 aliphatic rings. The normalized spacial score (nSPS) is 16.9. The first-order chi connectivity index (χ1) is 14.6. The molecule has 0 unspecified atom stereocenters. The van der Waals surface area contributed by atoms with Gasteiger partial charge in [-0.05, 0) is 53.6 Å². The van der Waals surface area contributed by atoms with Crippen LogP contribution < -0.4 is 0 Å². The van der Waals surface area contributed by atoms with Crippen molar-refractivity contribution in [2.75, 3.05) is 26.7 Å². The van der Waals surface area contributed by atoms with Crippen molar-refractivity contribution in [3.63, 3.8) is 0 Å². The van der Waals surface area contributed by atoms with Gasteiger partial charge in [0.15, 0.2) is 0 Å². The molecular formula is C24H29F2NO3S.